The van der Waals surface area contributed by atoms with Crippen molar-refractivity contribution >= 4 is 23.3 Å². The summed E-state index contributed by atoms with van der Waals surface area (Å²) in [5.41, 5.74) is 1.24. The third-order valence-electron chi connectivity index (χ3n) is 1.75. The van der Waals surface area contributed by atoms with E-state index in [1.54, 1.807) is 19.1 Å². The van der Waals surface area contributed by atoms with Crippen LogP contribution in [0, 0.1) is 12.7 Å². The van der Waals surface area contributed by atoms with Gasteiger partial charge in [-0.25, -0.2) is 4.39 Å². The Hall–Kier alpha value is -1.38. The Balaban J connectivity index is 2.83. The molecule has 1 rings (SSSR count). The average Bonchev–Trinajstić information content (AvgIpc) is 2.12. The summed E-state index contributed by atoms with van der Waals surface area (Å²) in [5.74, 6) is -0.648. The fraction of sp³-hybridized carbons (Fsp3) is 0.200. The molecule has 0 aliphatic rings. The number of aryl methyl sites for hydroxylation is 1. The van der Waals surface area contributed by atoms with Crippen LogP contribution in [0.25, 0.3) is 0 Å². The molecule has 1 aromatic carbocycles. The topological polar surface area (TPSA) is 29.4 Å². The van der Waals surface area contributed by atoms with E-state index in [0.29, 0.717) is 5.56 Å². The summed E-state index contributed by atoms with van der Waals surface area (Å²) in [5, 5.41) is 2.00. The zero-order valence-corrected chi connectivity index (χ0v) is 8.40. The molecule has 0 atom stereocenters. The van der Waals surface area contributed by atoms with Crippen molar-refractivity contribution in [2.24, 2.45) is 4.99 Å². The number of thiocarbonyl (C=S) groups is 1. The van der Waals surface area contributed by atoms with Gasteiger partial charge in [0.1, 0.15) is 5.82 Å². The second kappa shape index (κ2) is 4.74. The van der Waals surface area contributed by atoms with Crippen LogP contribution in [0.4, 0.5) is 4.39 Å². The first kappa shape index (κ1) is 10.7. The van der Waals surface area contributed by atoms with Crippen LogP contribution in [0.3, 0.4) is 0 Å². The minimum Gasteiger partial charge on any atom is -0.271 e. The Morgan fingerprint density at radius 3 is 2.93 bits per heavy atom. The number of carbonyl (C=O) groups excluding carboxylic acids is 1. The molecule has 2 nitrogen and oxygen atoms in total. The van der Waals surface area contributed by atoms with Gasteiger partial charge in [0.25, 0.3) is 5.91 Å². The molecule has 0 aliphatic carbocycles. The van der Waals surface area contributed by atoms with Gasteiger partial charge in [0, 0.05) is 0 Å². The summed E-state index contributed by atoms with van der Waals surface area (Å²) in [7, 11) is 0. The molecule has 0 spiro atoms. The number of halogens is 1. The van der Waals surface area contributed by atoms with Crippen molar-refractivity contribution in [1.29, 1.82) is 0 Å². The molecule has 4 heteroatoms. The van der Waals surface area contributed by atoms with Crippen LogP contribution in [0.2, 0.25) is 0 Å². The van der Waals surface area contributed by atoms with Crippen LogP contribution in [-0.2, 0) is 11.2 Å². The van der Waals surface area contributed by atoms with Crippen molar-refractivity contribution < 1.29 is 9.18 Å². The number of rotatable bonds is 2. The average molecular weight is 209 g/mol. The molecule has 0 saturated carbocycles. The maximum Gasteiger partial charge on any atom is 0.258 e. The van der Waals surface area contributed by atoms with Crippen LogP contribution >= 0.6 is 12.2 Å². The van der Waals surface area contributed by atoms with E-state index in [2.05, 4.69) is 17.2 Å². The molecule has 0 saturated heterocycles. The van der Waals surface area contributed by atoms with Gasteiger partial charge in [0.2, 0.25) is 0 Å². The summed E-state index contributed by atoms with van der Waals surface area (Å²) in [6, 6.07) is 4.50. The van der Waals surface area contributed by atoms with Crippen molar-refractivity contribution in [3.63, 3.8) is 0 Å². The van der Waals surface area contributed by atoms with Crippen LogP contribution in [-0.4, -0.2) is 11.1 Å². The zero-order chi connectivity index (χ0) is 10.6. The van der Waals surface area contributed by atoms with Crippen LogP contribution in [0.15, 0.2) is 23.2 Å². The van der Waals surface area contributed by atoms with Crippen molar-refractivity contribution in [2.45, 2.75) is 13.3 Å². The third kappa shape index (κ3) is 2.83. The van der Waals surface area contributed by atoms with Gasteiger partial charge in [-0.3, -0.25) is 4.79 Å². The summed E-state index contributed by atoms with van der Waals surface area (Å²) in [6.45, 7) is 1.64. The Morgan fingerprint density at radius 1 is 1.64 bits per heavy atom. The van der Waals surface area contributed by atoms with Crippen LogP contribution in [0.5, 0.6) is 0 Å². The summed E-state index contributed by atoms with van der Waals surface area (Å²) in [4.78, 5) is 14.3. The predicted molar refractivity (Wildman–Crippen MR) is 54.9 cm³/mol. The SMILES string of the molecule is Cc1cc(CC(=O)N=C=S)ccc1F. The first-order valence-corrected chi connectivity index (χ1v) is 4.40. The molecule has 1 amide bonds. The highest BCUT2D eigenvalue weighted by Crippen LogP contribution is 2.09. The number of amides is 1. The van der Waals surface area contributed by atoms with Gasteiger partial charge in [-0.05, 0) is 36.3 Å². The highest BCUT2D eigenvalue weighted by atomic mass is 32.1. The fourth-order valence-corrected chi connectivity index (χ4v) is 1.18. The van der Waals surface area contributed by atoms with Gasteiger partial charge in [0.15, 0.2) is 0 Å². The minimum absolute atomic E-state index is 0.130. The third-order valence-corrected chi connectivity index (χ3v) is 1.84. The summed E-state index contributed by atoms with van der Waals surface area (Å²) in [6.07, 6.45) is 0.130. The first-order chi connectivity index (χ1) is 6.63. The predicted octanol–water partition coefficient (Wildman–Crippen LogP) is 2.31. The molecule has 0 aliphatic heterocycles. The molecule has 14 heavy (non-hydrogen) atoms. The molecule has 0 heterocycles. The van der Waals surface area contributed by atoms with E-state index in [4.69, 9.17) is 0 Å². The van der Waals surface area contributed by atoms with Gasteiger partial charge in [-0.15, -0.1) is 0 Å². The van der Waals surface area contributed by atoms with E-state index in [0.717, 1.165) is 5.56 Å². The number of benzene rings is 1. The van der Waals surface area contributed by atoms with Gasteiger partial charge in [-0.1, -0.05) is 12.1 Å². The quantitative estimate of drug-likeness (QED) is 0.552. The first-order valence-electron chi connectivity index (χ1n) is 3.99. The molecule has 0 fully saturated rings. The van der Waals surface area contributed by atoms with E-state index < -0.39 is 0 Å². The molecule has 0 bridgehead atoms. The highest BCUT2D eigenvalue weighted by molar-refractivity contribution is 7.78. The second-order valence-electron chi connectivity index (χ2n) is 2.86. The maximum absolute atomic E-state index is 12.8. The number of nitrogens with zero attached hydrogens (tertiary/aromatic N) is 1. The molecule has 72 valence electrons. The molecule has 0 radical (unpaired) electrons. The van der Waals surface area contributed by atoms with Crippen LogP contribution in [0.1, 0.15) is 11.1 Å². The van der Waals surface area contributed by atoms with E-state index in [1.807, 2.05) is 5.16 Å². The van der Waals surface area contributed by atoms with Gasteiger partial charge < -0.3 is 0 Å². The number of carbonyl (C=O) groups is 1. The van der Waals surface area contributed by atoms with Crippen LogP contribution < -0.4 is 0 Å². The molecule has 0 unspecified atom stereocenters. The number of hydrogen-bond acceptors (Lipinski definition) is 2. The normalized spacial score (nSPS) is 9.29. The Bertz CT molecular complexity index is 411. The van der Waals surface area contributed by atoms with Crippen molar-refractivity contribution in [1.82, 2.24) is 0 Å². The van der Waals surface area contributed by atoms with Gasteiger partial charge in [0.05, 0.1) is 11.6 Å². The standard InChI is InChI=1S/C10H8FNOS/c1-7-4-8(2-3-9(7)11)5-10(13)12-6-14/h2-4H,5H2,1H3. The highest BCUT2D eigenvalue weighted by Gasteiger charge is 2.03. The number of hydrogen-bond donors (Lipinski definition) is 0. The Morgan fingerprint density at radius 2 is 2.36 bits per heavy atom. The summed E-state index contributed by atoms with van der Waals surface area (Å²) < 4.78 is 12.8. The van der Waals surface area contributed by atoms with E-state index in [1.165, 1.54) is 6.07 Å². The van der Waals surface area contributed by atoms with Gasteiger partial charge >= 0.3 is 0 Å². The number of isothiocyanates is 1. The van der Waals surface area contributed by atoms with E-state index >= 15 is 0 Å². The Labute approximate surface area is 86.5 Å². The maximum atomic E-state index is 12.8. The lowest BCUT2D eigenvalue weighted by atomic mass is 10.1. The molecule has 1 aromatic rings. The Kier molecular flexibility index (Phi) is 3.63. The molecular weight excluding hydrogens is 201 g/mol. The lowest BCUT2D eigenvalue weighted by molar-refractivity contribution is -0.117. The lowest BCUT2D eigenvalue weighted by Gasteiger charge is -1.99. The van der Waals surface area contributed by atoms with E-state index in [-0.39, 0.29) is 18.1 Å². The minimum atomic E-state index is -0.369. The van der Waals surface area contributed by atoms with Crippen molar-refractivity contribution in [3.05, 3.63) is 35.1 Å². The molecule has 0 aromatic heterocycles. The zero-order valence-electron chi connectivity index (χ0n) is 7.58. The second-order valence-corrected chi connectivity index (χ2v) is 3.04. The van der Waals surface area contributed by atoms with E-state index in [9.17, 15) is 9.18 Å². The monoisotopic (exact) mass is 209 g/mol. The molecular formula is C10H8FNOS. The van der Waals surface area contributed by atoms with Crippen molar-refractivity contribution in [2.75, 3.05) is 0 Å². The number of aliphatic imine (C=N–C) groups is 1. The largest absolute Gasteiger partial charge is 0.271 e. The fourth-order valence-electron chi connectivity index (χ4n) is 1.08. The molecule has 0 N–H and O–H groups in total. The smallest absolute Gasteiger partial charge is 0.258 e. The lowest BCUT2D eigenvalue weighted by Crippen LogP contribution is -1.99. The summed E-state index contributed by atoms with van der Waals surface area (Å²) >= 11 is 4.29. The van der Waals surface area contributed by atoms with Gasteiger partial charge in [-0.2, -0.15) is 4.99 Å². The van der Waals surface area contributed by atoms with Crippen molar-refractivity contribution in [3.8, 4) is 0 Å².